The minimum atomic E-state index is -0.871. The van der Waals surface area contributed by atoms with Crippen LogP contribution >= 0.6 is 11.6 Å². The Balaban J connectivity index is 1.97. The van der Waals surface area contributed by atoms with Gasteiger partial charge >= 0.3 is 0 Å². The first-order valence-corrected chi connectivity index (χ1v) is 9.28. The number of hydrogen-bond donors (Lipinski definition) is 1. The monoisotopic (exact) mass is 390 g/mol. The molecule has 0 aliphatic carbocycles. The van der Waals surface area contributed by atoms with Crippen LogP contribution in [0.3, 0.4) is 0 Å². The summed E-state index contributed by atoms with van der Waals surface area (Å²) in [5.41, 5.74) is 12.9. The number of benzene rings is 2. The van der Waals surface area contributed by atoms with Crippen molar-refractivity contribution in [3.8, 4) is 17.6 Å². The van der Waals surface area contributed by atoms with E-state index in [4.69, 9.17) is 27.2 Å². The van der Waals surface area contributed by atoms with E-state index in [1.807, 2.05) is 31.2 Å². The van der Waals surface area contributed by atoms with E-state index in [-0.39, 0.29) is 0 Å². The van der Waals surface area contributed by atoms with Crippen molar-refractivity contribution in [2.45, 2.75) is 27.0 Å². The average molecular weight is 391 g/mol. The van der Waals surface area contributed by atoms with Crippen molar-refractivity contribution in [1.29, 1.82) is 5.26 Å². The lowest BCUT2D eigenvalue weighted by atomic mass is 9.91. The standard InChI is InChI=1S/C22H19ClN4O/c1-12-4-9-17(10-13(12)2)27-22-19(14(3)26-27)20(18(11-24)21(25)28-22)15-5-7-16(23)8-6-15/h4-10,21H,25H2,1-3H3. The Kier molecular flexibility index (Phi) is 4.46. The first kappa shape index (κ1) is 18.3. The molecule has 1 aromatic heterocycles. The molecule has 1 aliphatic rings. The summed E-state index contributed by atoms with van der Waals surface area (Å²) in [6.45, 7) is 6.03. The van der Waals surface area contributed by atoms with Crippen LogP contribution in [0, 0.1) is 32.1 Å². The van der Waals surface area contributed by atoms with Gasteiger partial charge in [-0.05, 0) is 61.7 Å². The lowest BCUT2D eigenvalue weighted by Crippen LogP contribution is -2.33. The molecule has 0 spiro atoms. The SMILES string of the molecule is Cc1ccc(-n2nc(C)c3c2OC(N)C(C#N)=C3c2ccc(Cl)cc2)cc1C. The lowest BCUT2D eigenvalue weighted by Gasteiger charge is -2.25. The van der Waals surface area contributed by atoms with Gasteiger partial charge in [0.25, 0.3) is 0 Å². The minimum Gasteiger partial charge on any atom is -0.453 e. The number of fused-ring (bicyclic) bond motifs is 1. The number of hydrogen-bond acceptors (Lipinski definition) is 4. The minimum absolute atomic E-state index is 0.373. The highest BCUT2D eigenvalue weighted by molar-refractivity contribution is 6.30. The van der Waals surface area contributed by atoms with Crippen molar-refractivity contribution in [2.24, 2.45) is 5.73 Å². The Morgan fingerprint density at radius 1 is 1.11 bits per heavy atom. The topological polar surface area (TPSA) is 76.9 Å². The number of nitriles is 1. The maximum Gasteiger partial charge on any atom is 0.226 e. The highest BCUT2D eigenvalue weighted by Gasteiger charge is 2.33. The van der Waals surface area contributed by atoms with E-state index in [2.05, 4.69) is 26.0 Å². The van der Waals surface area contributed by atoms with E-state index < -0.39 is 6.23 Å². The van der Waals surface area contributed by atoms with E-state index in [1.54, 1.807) is 16.8 Å². The quantitative estimate of drug-likeness (QED) is 0.701. The van der Waals surface area contributed by atoms with Crippen LogP contribution in [0.2, 0.25) is 5.02 Å². The van der Waals surface area contributed by atoms with Crippen LogP contribution in [-0.4, -0.2) is 16.0 Å². The summed E-state index contributed by atoms with van der Waals surface area (Å²) in [5, 5.41) is 15.1. The second-order valence-electron chi connectivity index (χ2n) is 6.89. The molecule has 2 heterocycles. The van der Waals surface area contributed by atoms with Gasteiger partial charge in [0.2, 0.25) is 5.88 Å². The van der Waals surface area contributed by atoms with Gasteiger partial charge in [-0.3, -0.25) is 5.73 Å². The Hall–Kier alpha value is -3.07. The molecule has 0 amide bonds. The van der Waals surface area contributed by atoms with Crippen molar-refractivity contribution < 1.29 is 4.74 Å². The van der Waals surface area contributed by atoms with Gasteiger partial charge in [0, 0.05) is 10.6 Å². The summed E-state index contributed by atoms with van der Waals surface area (Å²) in [5.74, 6) is 0.539. The third kappa shape index (κ3) is 2.88. The Morgan fingerprint density at radius 2 is 1.82 bits per heavy atom. The van der Waals surface area contributed by atoms with E-state index in [9.17, 15) is 5.26 Å². The number of aromatic nitrogens is 2. The van der Waals surface area contributed by atoms with Crippen molar-refractivity contribution >= 4 is 17.2 Å². The molecule has 1 unspecified atom stereocenters. The van der Waals surface area contributed by atoms with Gasteiger partial charge in [-0.15, -0.1) is 0 Å². The molecule has 0 radical (unpaired) electrons. The molecule has 0 saturated heterocycles. The molecule has 28 heavy (non-hydrogen) atoms. The normalized spacial score (nSPS) is 15.8. The van der Waals surface area contributed by atoms with Gasteiger partial charge in [-0.1, -0.05) is 29.8 Å². The molecule has 0 saturated carbocycles. The number of rotatable bonds is 2. The van der Waals surface area contributed by atoms with E-state index in [0.29, 0.717) is 16.5 Å². The molecule has 2 N–H and O–H groups in total. The van der Waals surface area contributed by atoms with Gasteiger partial charge in [0.15, 0.2) is 6.23 Å². The number of aryl methyl sites for hydroxylation is 3. The predicted molar refractivity (Wildman–Crippen MR) is 109 cm³/mol. The van der Waals surface area contributed by atoms with Gasteiger partial charge < -0.3 is 4.74 Å². The van der Waals surface area contributed by atoms with Crippen LogP contribution in [0.25, 0.3) is 11.3 Å². The van der Waals surface area contributed by atoms with E-state index in [0.717, 1.165) is 33.6 Å². The largest absolute Gasteiger partial charge is 0.453 e. The fourth-order valence-electron chi connectivity index (χ4n) is 3.43. The summed E-state index contributed by atoms with van der Waals surface area (Å²) >= 11 is 6.05. The molecule has 140 valence electrons. The molecule has 0 fully saturated rings. The summed E-state index contributed by atoms with van der Waals surface area (Å²) in [6.07, 6.45) is -0.871. The fraction of sp³-hybridized carbons (Fsp3) is 0.182. The van der Waals surface area contributed by atoms with Gasteiger partial charge in [0.1, 0.15) is 6.07 Å². The first-order chi connectivity index (χ1) is 13.4. The van der Waals surface area contributed by atoms with Gasteiger partial charge in [0.05, 0.1) is 22.5 Å². The predicted octanol–water partition coefficient (Wildman–Crippen LogP) is 4.45. The van der Waals surface area contributed by atoms with Gasteiger partial charge in [-0.2, -0.15) is 10.4 Å². The molecule has 1 aliphatic heterocycles. The number of nitrogens with two attached hydrogens (primary N) is 1. The molecule has 2 aromatic carbocycles. The van der Waals surface area contributed by atoms with E-state index in [1.165, 1.54) is 5.56 Å². The Morgan fingerprint density at radius 3 is 2.46 bits per heavy atom. The molecule has 5 nitrogen and oxygen atoms in total. The first-order valence-electron chi connectivity index (χ1n) is 8.90. The second kappa shape index (κ2) is 6.83. The fourth-order valence-corrected chi connectivity index (χ4v) is 3.55. The van der Waals surface area contributed by atoms with Crippen molar-refractivity contribution in [1.82, 2.24) is 9.78 Å². The maximum atomic E-state index is 9.73. The zero-order chi connectivity index (χ0) is 20.0. The highest BCUT2D eigenvalue weighted by atomic mass is 35.5. The third-order valence-corrected chi connectivity index (χ3v) is 5.30. The zero-order valence-electron chi connectivity index (χ0n) is 15.8. The summed E-state index contributed by atoms with van der Waals surface area (Å²) in [6, 6.07) is 15.7. The second-order valence-corrected chi connectivity index (χ2v) is 7.33. The molecule has 1 atom stereocenters. The number of nitrogens with zero attached hydrogens (tertiary/aromatic N) is 3. The van der Waals surface area contributed by atoms with Crippen LogP contribution in [0.4, 0.5) is 0 Å². The van der Waals surface area contributed by atoms with Crippen molar-refractivity contribution in [2.75, 3.05) is 0 Å². The zero-order valence-corrected chi connectivity index (χ0v) is 16.6. The molecule has 0 bridgehead atoms. The summed E-state index contributed by atoms with van der Waals surface area (Å²) in [4.78, 5) is 0. The lowest BCUT2D eigenvalue weighted by molar-refractivity contribution is 0.228. The number of ether oxygens (including phenoxy) is 1. The van der Waals surface area contributed by atoms with Crippen LogP contribution in [-0.2, 0) is 0 Å². The Labute approximate surface area is 168 Å². The average Bonchev–Trinajstić information content (AvgIpc) is 2.99. The molecule has 6 heteroatoms. The van der Waals surface area contributed by atoms with Crippen LogP contribution < -0.4 is 10.5 Å². The molecular weight excluding hydrogens is 372 g/mol. The third-order valence-electron chi connectivity index (χ3n) is 5.05. The Bertz CT molecular complexity index is 1150. The highest BCUT2D eigenvalue weighted by Crippen LogP contribution is 2.42. The molecule has 3 aromatic rings. The molecule has 4 rings (SSSR count). The van der Waals surface area contributed by atoms with Crippen LogP contribution in [0.15, 0.2) is 48.0 Å². The van der Waals surface area contributed by atoms with Crippen molar-refractivity contribution in [3.63, 3.8) is 0 Å². The van der Waals surface area contributed by atoms with Gasteiger partial charge in [-0.25, -0.2) is 4.68 Å². The number of halogens is 1. The summed E-state index contributed by atoms with van der Waals surface area (Å²) < 4.78 is 7.71. The van der Waals surface area contributed by atoms with E-state index >= 15 is 0 Å². The van der Waals surface area contributed by atoms with Crippen LogP contribution in [0.1, 0.15) is 27.9 Å². The summed E-state index contributed by atoms with van der Waals surface area (Å²) in [7, 11) is 0. The van der Waals surface area contributed by atoms with Crippen molar-refractivity contribution in [3.05, 3.63) is 81.0 Å². The van der Waals surface area contributed by atoms with Crippen LogP contribution in [0.5, 0.6) is 5.88 Å². The molecular formula is C22H19ClN4O. The smallest absolute Gasteiger partial charge is 0.226 e. The maximum absolute atomic E-state index is 9.73.